The van der Waals surface area contributed by atoms with E-state index in [-0.39, 0.29) is 5.82 Å². The van der Waals surface area contributed by atoms with E-state index in [1.807, 2.05) is 19.1 Å². The first-order chi connectivity index (χ1) is 7.66. The lowest BCUT2D eigenvalue weighted by atomic mass is 10.0. The molecule has 0 saturated heterocycles. The van der Waals surface area contributed by atoms with Crippen molar-refractivity contribution < 1.29 is 4.39 Å². The average molecular weight is 212 g/mol. The summed E-state index contributed by atoms with van der Waals surface area (Å²) in [5, 5.41) is 0. The standard InChI is InChI=1S/C15H13F/c1-9-3-5-12-11(7-9)8-14-13(12)6-4-10(2)15(14)16/h3-7H,8H2,1-2H3. The smallest absolute Gasteiger partial charge is 0.130 e. The van der Waals surface area contributed by atoms with Crippen molar-refractivity contribution in [1.29, 1.82) is 0 Å². The second-order valence-corrected chi connectivity index (χ2v) is 4.56. The van der Waals surface area contributed by atoms with Crippen molar-refractivity contribution in [3.63, 3.8) is 0 Å². The zero-order valence-electron chi connectivity index (χ0n) is 9.47. The van der Waals surface area contributed by atoms with E-state index in [0.29, 0.717) is 0 Å². The second-order valence-electron chi connectivity index (χ2n) is 4.56. The molecule has 0 aromatic heterocycles. The van der Waals surface area contributed by atoms with Gasteiger partial charge in [-0.15, -0.1) is 0 Å². The SMILES string of the molecule is Cc1ccc2c(c1)Cc1c-2ccc(C)c1F. The van der Waals surface area contributed by atoms with E-state index in [2.05, 4.69) is 25.1 Å². The fourth-order valence-electron chi connectivity index (χ4n) is 2.49. The molecular weight excluding hydrogens is 199 g/mol. The Morgan fingerprint density at radius 1 is 1.00 bits per heavy atom. The third-order valence-corrected chi connectivity index (χ3v) is 3.35. The minimum atomic E-state index is -0.0358. The molecule has 3 rings (SSSR count). The summed E-state index contributed by atoms with van der Waals surface area (Å²) in [6, 6.07) is 10.2. The van der Waals surface area contributed by atoms with Crippen molar-refractivity contribution in [1.82, 2.24) is 0 Å². The van der Waals surface area contributed by atoms with E-state index in [0.717, 1.165) is 23.1 Å². The van der Waals surface area contributed by atoms with Crippen LogP contribution in [-0.4, -0.2) is 0 Å². The quantitative estimate of drug-likeness (QED) is 0.528. The Morgan fingerprint density at radius 2 is 1.75 bits per heavy atom. The van der Waals surface area contributed by atoms with Gasteiger partial charge in [0.2, 0.25) is 0 Å². The average Bonchev–Trinajstić information content (AvgIpc) is 2.62. The van der Waals surface area contributed by atoms with Gasteiger partial charge in [0.1, 0.15) is 5.82 Å². The minimum Gasteiger partial charge on any atom is -0.206 e. The molecule has 2 aromatic carbocycles. The molecule has 0 bridgehead atoms. The fourth-order valence-corrected chi connectivity index (χ4v) is 2.49. The molecule has 0 heterocycles. The Balaban J connectivity index is 2.27. The van der Waals surface area contributed by atoms with Crippen LogP contribution in [0.4, 0.5) is 4.39 Å². The number of aryl methyl sites for hydroxylation is 2. The number of halogens is 1. The molecule has 0 amide bonds. The molecule has 0 atom stereocenters. The fraction of sp³-hybridized carbons (Fsp3) is 0.200. The van der Waals surface area contributed by atoms with Gasteiger partial charge < -0.3 is 0 Å². The van der Waals surface area contributed by atoms with Crippen molar-refractivity contribution in [3.8, 4) is 11.1 Å². The molecule has 0 spiro atoms. The first-order valence-electron chi connectivity index (χ1n) is 5.54. The molecule has 0 fully saturated rings. The summed E-state index contributed by atoms with van der Waals surface area (Å²) >= 11 is 0. The van der Waals surface area contributed by atoms with Gasteiger partial charge in [-0.3, -0.25) is 0 Å². The van der Waals surface area contributed by atoms with Gasteiger partial charge in [-0.25, -0.2) is 4.39 Å². The van der Waals surface area contributed by atoms with Gasteiger partial charge in [-0.05, 0) is 36.1 Å². The molecule has 0 aliphatic heterocycles. The molecule has 80 valence electrons. The van der Waals surface area contributed by atoms with Crippen LogP contribution in [0, 0.1) is 19.7 Å². The second kappa shape index (κ2) is 3.18. The molecule has 0 N–H and O–H groups in total. The first-order valence-corrected chi connectivity index (χ1v) is 5.54. The third-order valence-electron chi connectivity index (χ3n) is 3.35. The van der Waals surface area contributed by atoms with Crippen LogP contribution in [0.1, 0.15) is 22.3 Å². The predicted octanol–water partition coefficient (Wildman–Crippen LogP) is 4.01. The molecule has 1 aliphatic carbocycles. The maximum atomic E-state index is 14.0. The zero-order valence-corrected chi connectivity index (χ0v) is 9.47. The number of rotatable bonds is 0. The summed E-state index contributed by atoms with van der Waals surface area (Å²) in [7, 11) is 0. The van der Waals surface area contributed by atoms with Crippen LogP contribution in [-0.2, 0) is 6.42 Å². The zero-order chi connectivity index (χ0) is 11.3. The van der Waals surface area contributed by atoms with E-state index in [1.165, 1.54) is 16.7 Å². The highest BCUT2D eigenvalue weighted by molar-refractivity contribution is 5.77. The van der Waals surface area contributed by atoms with E-state index in [4.69, 9.17) is 0 Å². The van der Waals surface area contributed by atoms with Gasteiger partial charge in [0.15, 0.2) is 0 Å². The lowest BCUT2D eigenvalue weighted by molar-refractivity contribution is 0.607. The Labute approximate surface area is 94.7 Å². The van der Waals surface area contributed by atoms with Crippen LogP contribution in [0.3, 0.4) is 0 Å². The Hall–Kier alpha value is -1.63. The van der Waals surface area contributed by atoms with Gasteiger partial charge >= 0.3 is 0 Å². The Kier molecular flexibility index (Phi) is 1.90. The Bertz CT molecular complexity index is 582. The van der Waals surface area contributed by atoms with Crippen LogP contribution < -0.4 is 0 Å². The highest BCUT2D eigenvalue weighted by atomic mass is 19.1. The predicted molar refractivity (Wildman–Crippen MR) is 64.1 cm³/mol. The molecule has 16 heavy (non-hydrogen) atoms. The molecule has 1 heteroatoms. The summed E-state index contributed by atoms with van der Waals surface area (Å²) in [5.74, 6) is -0.0358. The van der Waals surface area contributed by atoms with Crippen LogP contribution in [0.25, 0.3) is 11.1 Å². The largest absolute Gasteiger partial charge is 0.206 e. The minimum absolute atomic E-state index is 0.0358. The highest BCUT2D eigenvalue weighted by Crippen LogP contribution is 2.38. The summed E-state index contributed by atoms with van der Waals surface area (Å²) in [4.78, 5) is 0. The van der Waals surface area contributed by atoms with Crippen molar-refractivity contribution in [3.05, 3.63) is 58.4 Å². The van der Waals surface area contributed by atoms with Gasteiger partial charge in [-0.2, -0.15) is 0 Å². The highest BCUT2D eigenvalue weighted by Gasteiger charge is 2.22. The van der Waals surface area contributed by atoms with Crippen LogP contribution in [0.2, 0.25) is 0 Å². The van der Waals surface area contributed by atoms with Crippen LogP contribution in [0.15, 0.2) is 30.3 Å². The number of hydrogen-bond donors (Lipinski definition) is 0. The van der Waals surface area contributed by atoms with Crippen molar-refractivity contribution >= 4 is 0 Å². The number of hydrogen-bond acceptors (Lipinski definition) is 0. The van der Waals surface area contributed by atoms with Gasteiger partial charge in [0.05, 0.1) is 0 Å². The number of fused-ring (bicyclic) bond motifs is 3. The van der Waals surface area contributed by atoms with Gasteiger partial charge in [0, 0.05) is 12.0 Å². The maximum Gasteiger partial charge on any atom is 0.130 e. The van der Waals surface area contributed by atoms with E-state index < -0.39 is 0 Å². The monoisotopic (exact) mass is 212 g/mol. The summed E-state index contributed by atoms with van der Waals surface area (Å²) < 4.78 is 14.0. The van der Waals surface area contributed by atoms with E-state index in [1.54, 1.807) is 0 Å². The molecule has 0 unspecified atom stereocenters. The van der Waals surface area contributed by atoms with E-state index >= 15 is 0 Å². The summed E-state index contributed by atoms with van der Waals surface area (Å²) in [6.45, 7) is 3.90. The van der Waals surface area contributed by atoms with Crippen molar-refractivity contribution in [2.45, 2.75) is 20.3 Å². The molecule has 0 radical (unpaired) electrons. The summed E-state index contributed by atoms with van der Waals surface area (Å²) in [6.07, 6.45) is 0.736. The van der Waals surface area contributed by atoms with Crippen molar-refractivity contribution in [2.75, 3.05) is 0 Å². The molecular formula is C15H13F. The lowest BCUT2D eigenvalue weighted by Crippen LogP contribution is -1.90. The first kappa shape index (κ1) is 9.59. The Morgan fingerprint density at radius 3 is 2.56 bits per heavy atom. The maximum absolute atomic E-state index is 14.0. The molecule has 2 aromatic rings. The van der Waals surface area contributed by atoms with Crippen LogP contribution >= 0.6 is 0 Å². The summed E-state index contributed by atoms with van der Waals surface area (Å²) in [5.41, 5.74) is 6.35. The van der Waals surface area contributed by atoms with E-state index in [9.17, 15) is 4.39 Å². The van der Waals surface area contributed by atoms with Crippen LogP contribution in [0.5, 0.6) is 0 Å². The van der Waals surface area contributed by atoms with Crippen molar-refractivity contribution in [2.24, 2.45) is 0 Å². The topological polar surface area (TPSA) is 0 Å². The molecule has 1 aliphatic rings. The third kappa shape index (κ3) is 1.21. The normalized spacial score (nSPS) is 12.4. The lowest BCUT2D eigenvalue weighted by Gasteiger charge is -2.04. The number of benzene rings is 2. The van der Waals surface area contributed by atoms with Gasteiger partial charge in [-0.1, -0.05) is 35.9 Å². The molecule has 0 nitrogen and oxygen atoms in total. The van der Waals surface area contributed by atoms with Gasteiger partial charge in [0.25, 0.3) is 0 Å². The molecule has 0 saturated carbocycles.